The third-order valence-corrected chi connectivity index (χ3v) is 3.45. The van der Waals surface area contributed by atoms with Gasteiger partial charge in [0.05, 0.1) is 7.11 Å². The minimum atomic E-state index is -0.502. The van der Waals surface area contributed by atoms with E-state index in [-0.39, 0.29) is 5.82 Å². The predicted molar refractivity (Wildman–Crippen MR) is 68.5 cm³/mol. The van der Waals surface area contributed by atoms with Crippen molar-refractivity contribution in [3.8, 4) is 0 Å². The second-order valence-corrected chi connectivity index (χ2v) is 4.83. The zero-order valence-corrected chi connectivity index (χ0v) is 11.1. The zero-order chi connectivity index (χ0) is 13.1. The molecule has 1 aliphatic carbocycles. The Bertz CT molecular complexity index is 444. The number of ether oxygens (including phenoxy) is 1. The van der Waals surface area contributed by atoms with Crippen molar-refractivity contribution in [1.82, 2.24) is 9.97 Å². The summed E-state index contributed by atoms with van der Waals surface area (Å²) in [5.74, 6) is 1.02. The molecule has 0 spiro atoms. The maximum atomic E-state index is 11.4. The number of aromatic nitrogens is 2. The van der Waals surface area contributed by atoms with Crippen LogP contribution in [0.1, 0.15) is 42.5 Å². The van der Waals surface area contributed by atoms with Gasteiger partial charge in [0.15, 0.2) is 0 Å². The van der Waals surface area contributed by atoms with Gasteiger partial charge >= 0.3 is 5.97 Å². The second-order valence-electron chi connectivity index (χ2n) is 4.83. The molecule has 1 N–H and O–H groups in total. The summed E-state index contributed by atoms with van der Waals surface area (Å²) in [7, 11) is 1.33. The Balaban J connectivity index is 2.11. The van der Waals surface area contributed by atoms with Gasteiger partial charge < -0.3 is 10.1 Å². The van der Waals surface area contributed by atoms with E-state index in [9.17, 15) is 4.79 Å². The summed E-state index contributed by atoms with van der Waals surface area (Å²) in [6, 6.07) is 2.22. The Hall–Kier alpha value is -1.65. The van der Waals surface area contributed by atoms with E-state index < -0.39 is 5.97 Å². The van der Waals surface area contributed by atoms with Crippen LogP contribution in [-0.4, -0.2) is 29.1 Å². The lowest BCUT2D eigenvalue weighted by Crippen LogP contribution is -2.31. The van der Waals surface area contributed by atoms with Crippen molar-refractivity contribution in [1.29, 1.82) is 0 Å². The lowest BCUT2D eigenvalue weighted by atomic mass is 9.80. The first-order chi connectivity index (χ1) is 8.60. The Labute approximate surface area is 107 Å². The van der Waals surface area contributed by atoms with Gasteiger partial charge in [-0.1, -0.05) is 6.42 Å². The highest BCUT2D eigenvalue weighted by atomic mass is 16.5. The fourth-order valence-electron chi connectivity index (χ4n) is 2.12. The molecule has 1 saturated carbocycles. The van der Waals surface area contributed by atoms with Crippen molar-refractivity contribution in [2.45, 2.75) is 39.2 Å². The van der Waals surface area contributed by atoms with Gasteiger partial charge in [0.2, 0.25) is 5.82 Å². The number of methoxy groups -OCH3 is 1. The van der Waals surface area contributed by atoms with E-state index in [1.807, 2.05) is 13.0 Å². The number of anilines is 1. The first-order valence-electron chi connectivity index (χ1n) is 6.30. The number of aryl methyl sites for hydroxylation is 1. The van der Waals surface area contributed by atoms with Gasteiger partial charge in [-0.05, 0) is 32.6 Å². The molecule has 1 atom stereocenters. The van der Waals surface area contributed by atoms with Crippen LogP contribution in [0.15, 0.2) is 6.07 Å². The Kier molecular flexibility index (Phi) is 3.79. The molecule has 1 aliphatic rings. The van der Waals surface area contributed by atoms with E-state index in [1.165, 1.54) is 26.4 Å². The molecule has 98 valence electrons. The van der Waals surface area contributed by atoms with Gasteiger partial charge in [-0.25, -0.2) is 14.8 Å². The molecule has 1 aromatic heterocycles. The number of rotatable bonds is 4. The highest BCUT2D eigenvalue weighted by Gasteiger charge is 2.24. The quantitative estimate of drug-likeness (QED) is 0.828. The second kappa shape index (κ2) is 5.33. The third-order valence-electron chi connectivity index (χ3n) is 3.45. The van der Waals surface area contributed by atoms with Crippen molar-refractivity contribution >= 4 is 11.8 Å². The lowest BCUT2D eigenvalue weighted by Gasteiger charge is -2.32. The molecule has 18 heavy (non-hydrogen) atoms. The van der Waals surface area contributed by atoms with E-state index in [0.29, 0.717) is 17.8 Å². The maximum absolute atomic E-state index is 11.4. The van der Waals surface area contributed by atoms with Crippen molar-refractivity contribution in [2.24, 2.45) is 5.92 Å². The van der Waals surface area contributed by atoms with Gasteiger partial charge in [-0.15, -0.1) is 0 Å². The van der Waals surface area contributed by atoms with Crippen LogP contribution in [0.3, 0.4) is 0 Å². The molecule has 0 radical (unpaired) electrons. The minimum absolute atomic E-state index is 0.112. The topological polar surface area (TPSA) is 64.1 Å². The maximum Gasteiger partial charge on any atom is 0.376 e. The largest absolute Gasteiger partial charge is 0.463 e. The first-order valence-corrected chi connectivity index (χ1v) is 6.30. The van der Waals surface area contributed by atoms with Crippen LogP contribution in [0.2, 0.25) is 0 Å². The smallest absolute Gasteiger partial charge is 0.376 e. The van der Waals surface area contributed by atoms with E-state index in [0.717, 1.165) is 5.69 Å². The summed E-state index contributed by atoms with van der Waals surface area (Å²) in [5, 5.41) is 3.35. The number of carbonyl (C=O) groups excluding carboxylic acids is 1. The van der Waals surface area contributed by atoms with E-state index in [2.05, 4.69) is 26.9 Å². The molecular formula is C13H19N3O2. The minimum Gasteiger partial charge on any atom is -0.463 e. The summed E-state index contributed by atoms with van der Waals surface area (Å²) in [6.45, 7) is 3.99. The van der Waals surface area contributed by atoms with Gasteiger partial charge in [0.25, 0.3) is 0 Å². The molecule has 0 amide bonds. The van der Waals surface area contributed by atoms with Crippen molar-refractivity contribution in [3.05, 3.63) is 17.6 Å². The normalized spacial score (nSPS) is 16.8. The fraction of sp³-hybridized carbons (Fsp3) is 0.615. The summed E-state index contributed by atoms with van der Waals surface area (Å²) in [5.41, 5.74) is 0.758. The predicted octanol–water partition coefficient (Wildman–Crippen LogP) is 2.17. The van der Waals surface area contributed by atoms with Gasteiger partial charge in [-0.2, -0.15) is 0 Å². The Morgan fingerprint density at radius 2 is 2.22 bits per heavy atom. The number of hydrogen-bond donors (Lipinski definition) is 1. The van der Waals surface area contributed by atoms with E-state index in [4.69, 9.17) is 0 Å². The molecule has 0 aromatic carbocycles. The van der Waals surface area contributed by atoms with Crippen LogP contribution in [0.4, 0.5) is 5.82 Å². The molecule has 0 aliphatic heterocycles. The van der Waals surface area contributed by atoms with Crippen molar-refractivity contribution < 1.29 is 9.53 Å². The number of esters is 1. The Morgan fingerprint density at radius 1 is 1.50 bits per heavy atom. The molecule has 5 heteroatoms. The molecule has 1 aromatic rings. The van der Waals surface area contributed by atoms with Crippen LogP contribution in [0, 0.1) is 12.8 Å². The molecule has 1 unspecified atom stereocenters. The molecule has 5 nitrogen and oxygen atoms in total. The average molecular weight is 249 g/mol. The molecule has 0 bridgehead atoms. The standard InChI is InChI=1S/C13H19N3O2/c1-8-7-11(15-9(2)10-5-4-6-10)16-12(14-8)13(17)18-3/h7,9-10H,4-6H2,1-3H3,(H,14,15,16). The van der Waals surface area contributed by atoms with Gasteiger partial charge in [0.1, 0.15) is 5.82 Å². The third kappa shape index (κ3) is 2.78. The average Bonchev–Trinajstić information content (AvgIpc) is 2.24. The Morgan fingerprint density at radius 3 is 2.78 bits per heavy atom. The van der Waals surface area contributed by atoms with Crippen LogP contribution in [-0.2, 0) is 4.74 Å². The zero-order valence-electron chi connectivity index (χ0n) is 11.1. The molecular weight excluding hydrogens is 230 g/mol. The summed E-state index contributed by atoms with van der Waals surface area (Å²) in [6.07, 6.45) is 3.84. The summed E-state index contributed by atoms with van der Waals surface area (Å²) >= 11 is 0. The number of carbonyl (C=O) groups is 1. The van der Waals surface area contributed by atoms with Gasteiger partial charge in [-0.3, -0.25) is 0 Å². The van der Waals surface area contributed by atoms with Crippen LogP contribution in [0.25, 0.3) is 0 Å². The number of nitrogens with zero attached hydrogens (tertiary/aromatic N) is 2. The van der Waals surface area contributed by atoms with Crippen LogP contribution >= 0.6 is 0 Å². The van der Waals surface area contributed by atoms with Gasteiger partial charge in [0, 0.05) is 17.8 Å². The van der Waals surface area contributed by atoms with E-state index in [1.54, 1.807) is 0 Å². The first kappa shape index (κ1) is 12.8. The van der Waals surface area contributed by atoms with Crippen molar-refractivity contribution in [2.75, 3.05) is 12.4 Å². The van der Waals surface area contributed by atoms with E-state index >= 15 is 0 Å². The summed E-state index contributed by atoms with van der Waals surface area (Å²) in [4.78, 5) is 19.7. The highest BCUT2D eigenvalue weighted by Crippen LogP contribution is 2.30. The highest BCUT2D eigenvalue weighted by molar-refractivity contribution is 5.85. The van der Waals surface area contributed by atoms with Crippen LogP contribution < -0.4 is 5.32 Å². The lowest BCUT2D eigenvalue weighted by molar-refractivity contribution is 0.0586. The van der Waals surface area contributed by atoms with Crippen molar-refractivity contribution in [3.63, 3.8) is 0 Å². The summed E-state index contributed by atoms with van der Waals surface area (Å²) < 4.78 is 4.64. The molecule has 2 rings (SSSR count). The number of hydrogen-bond acceptors (Lipinski definition) is 5. The van der Waals surface area contributed by atoms with Crippen LogP contribution in [0.5, 0.6) is 0 Å². The number of nitrogens with one attached hydrogen (secondary N) is 1. The molecule has 1 fully saturated rings. The fourth-order valence-corrected chi connectivity index (χ4v) is 2.12. The molecule has 0 saturated heterocycles. The SMILES string of the molecule is COC(=O)c1nc(C)cc(NC(C)C2CCC2)n1. The molecule has 1 heterocycles. The monoisotopic (exact) mass is 249 g/mol.